The number of ether oxygens (including phenoxy) is 3. The molecule has 0 aliphatic carbocycles. The first-order valence-corrected chi connectivity index (χ1v) is 9.40. The van der Waals surface area contributed by atoms with Crippen LogP contribution in [0.25, 0.3) is 0 Å². The maximum absolute atomic E-state index is 11.2. The van der Waals surface area contributed by atoms with Gasteiger partial charge >= 0.3 is 0 Å². The van der Waals surface area contributed by atoms with Crippen LogP contribution < -0.4 is 25.7 Å². The molecule has 5 N–H and O–H groups in total. The molecule has 0 spiro atoms. The van der Waals surface area contributed by atoms with Crippen molar-refractivity contribution in [3.63, 3.8) is 0 Å². The Kier molecular flexibility index (Phi) is 6.65. The number of benzene rings is 2. The van der Waals surface area contributed by atoms with Crippen LogP contribution in [0.1, 0.15) is 32.6 Å². The Morgan fingerprint density at radius 3 is 2.34 bits per heavy atom. The number of aromatic hydroxyl groups is 1. The average molecular weight is 434 g/mol. The number of phenolic OH excluding ortho intramolecular Hbond substituents is 1. The Labute approximate surface area is 185 Å². The monoisotopic (exact) mass is 434 g/mol. The van der Waals surface area contributed by atoms with Crippen molar-refractivity contribution in [2.75, 3.05) is 32.8 Å². The zero-order chi connectivity index (χ0) is 23.3. The molecular formula is C23H22N4O5. The number of carbonyl (C=O) groups is 1. The number of nitrogens with zero attached hydrogens (tertiary/aromatic N) is 2. The van der Waals surface area contributed by atoms with Crippen LogP contribution in [0.4, 0.5) is 11.8 Å². The Bertz CT molecular complexity index is 1230. The lowest BCUT2D eigenvalue weighted by molar-refractivity contribution is 0.112. The van der Waals surface area contributed by atoms with E-state index in [4.69, 9.17) is 25.7 Å². The zero-order valence-corrected chi connectivity index (χ0v) is 17.8. The molecule has 1 aromatic heterocycles. The third-order valence-corrected chi connectivity index (χ3v) is 4.64. The predicted octanol–water partition coefficient (Wildman–Crippen LogP) is 2.18. The fraction of sp³-hybridized carbons (Fsp3) is 0.174. The third-order valence-electron chi connectivity index (χ3n) is 4.64. The van der Waals surface area contributed by atoms with Gasteiger partial charge < -0.3 is 30.8 Å². The van der Waals surface area contributed by atoms with Gasteiger partial charge in [0, 0.05) is 23.7 Å². The van der Waals surface area contributed by atoms with Crippen molar-refractivity contribution in [2.24, 2.45) is 0 Å². The van der Waals surface area contributed by atoms with Crippen molar-refractivity contribution in [1.29, 1.82) is 0 Å². The van der Waals surface area contributed by atoms with Crippen molar-refractivity contribution in [1.82, 2.24) is 9.97 Å². The summed E-state index contributed by atoms with van der Waals surface area (Å²) >= 11 is 0. The molecule has 0 unspecified atom stereocenters. The quantitative estimate of drug-likeness (QED) is 0.393. The van der Waals surface area contributed by atoms with E-state index in [1.807, 2.05) is 6.07 Å². The van der Waals surface area contributed by atoms with Crippen LogP contribution in [-0.4, -0.2) is 42.7 Å². The molecule has 0 fully saturated rings. The number of anilines is 2. The van der Waals surface area contributed by atoms with Crippen molar-refractivity contribution in [2.45, 2.75) is 6.42 Å². The van der Waals surface area contributed by atoms with Crippen LogP contribution in [0.15, 0.2) is 30.5 Å². The van der Waals surface area contributed by atoms with Crippen LogP contribution in [0.2, 0.25) is 0 Å². The van der Waals surface area contributed by atoms with Gasteiger partial charge in [0.2, 0.25) is 5.95 Å². The number of rotatable bonds is 6. The van der Waals surface area contributed by atoms with Crippen molar-refractivity contribution in [3.8, 4) is 34.8 Å². The number of phenols is 1. The summed E-state index contributed by atoms with van der Waals surface area (Å²) in [5.41, 5.74) is 14.1. The molecule has 0 saturated carbocycles. The predicted molar refractivity (Wildman–Crippen MR) is 119 cm³/mol. The maximum atomic E-state index is 11.2. The summed E-state index contributed by atoms with van der Waals surface area (Å²) in [7, 11) is 4.41. The van der Waals surface area contributed by atoms with Crippen LogP contribution in [0, 0.1) is 11.8 Å². The number of aldehydes is 1. The summed E-state index contributed by atoms with van der Waals surface area (Å²) < 4.78 is 16.1. The summed E-state index contributed by atoms with van der Waals surface area (Å²) in [5.74, 6) is 7.10. The second-order valence-corrected chi connectivity index (χ2v) is 6.68. The molecule has 9 heteroatoms. The summed E-state index contributed by atoms with van der Waals surface area (Å²) in [5, 5.41) is 10.4. The first kappa shape index (κ1) is 22.2. The van der Waals surface area contributed by atoms with Crippen LogP contribution in [0.3, 0.4) is 0 Å². The highest BCUT2D eigenvalue weighted by Crippen LogP contribution is 2.34. The molecule has 2 aromatic carbocycles. The van der Waals surface area contributed by atoms with E-state index in [-0.39, 0.29) is 28.8 Å². The van der Waals surface area contributed by atoms with Crippen LogP contribution in [0.5, 0.6) is 23.0 Å². The first-order chi connectivity index (χ1) is 15.4. The molecule has 0 saturated heterocycles. The molecule has 164 valence electrons. The molecule has 0 atom stereocenters. The standard InChI is InChI=1S/C23H22N4O5/c1-30-18-10-14(12-28)8-15(20(18)29)4-5-16-6-13(9-19(31-2)21(16)32-3)7-17-11-26-23(25)27-22(17)24/h6,8-12,29H,7H2,1-3H3,(H4,24,25,26,27). The highest BCUT2D eigenvalue weighted by Gasteiger charge is 2.14. The Morgan fingerprint density at radius 1 is 1.00 bits per heavy atom. The van der Waals surface area contributed by atoms with Crippen LogP contribution in [-0.2, 0) is 6.42 Å². The Hall–Kier alpha value is -4.45. The Balaban J connectivity index is 2.09. The van der Waals surface area contributed by atoms with E-state index in [1.165, 1.54) is 33.5 Å². The molecule has 1 heterocycles. The van der Waals surface area contributed by atoms with E-state index in [1.54, 1.807) is 12.3 Å². The number of carbonyl (C=O) groups excluding carboxylic acids is 1. The van der Waals surface area contributed by atoms with Gasteiger partial charge in [-0.25, -0.2) is 4.98 Å². The number of hydrogen-bond donors (Lipinski definition) is 3. The smallest absolute Gasteiger partial charge is 0.221 e. The Morgan fingerprint density at radius 2 is 1.72 bits per heavy atom. The number of hydrogen-bond acceptors (Lipinski definition) is 9. The molecule has 0 amide bonds. The fourth-order valence-corrected chi connectivity index (χ4v) is 3.09. The molecule has 32 heavy (non-hydrogen) atoms. The summed E-state index contributed by atoms with van der Waals surface area (Å²) in [6.07, 6.45) is 2.62. The highest BCUT2D eigenvalue weighted by atomic mass is 16.5. The highest BCUT2D eigenvalue weighted by molar-refractivity contribution is 5.78. The van der Waals surface area contributed by atoms with Gasteiger partial charge in [0.1, 0.15) is 12.1 Å². The SMILES string of the molecule is COc1cc(C=O)cc(C#Cc2cc(Cc3cnc(N)nc3N)cc(OC)c2OC)c1O. The van der Waals surface area contributed by atoms with Crippen LogP contribution >= 0.6 is 0 Å². The van der Waals surface area contributed by atoms with Gasteiger partial charge in [-0.1, -0.05) is 11.8 Å². The second-order valence-electron chi connectivity index (χ2n) is 6.68. The van der Waals surface area contributed by atoms with Gasteiger partial charge in [-0.2, -0.15) is 4.98 Å². The lowest BCUT2D eigenvalue weighted by Gasteiger charge is -2.13. The van der Waals surface area contributed by atoms with Gasteiger partial charge in [-0.15, -0.1) is 0 Å². The first-order valence-electron chi connectivity index (χ1n) is 9.40. The normalized spacial score (nSPS) is 10.1. The number of aromatic nitrogens is 2. The zero-order valence-electron chi connectivity index (χ0n) is 17.8. The van der Waals surface area contributed by atoms with Crippen molar-refractivity contribution >= 4 is 18.1 Å². The second kappa shape index (κ2) is 9.57. The number of methoxy groups -OCH3 is 3. The van der Waals surface area contributed by atoms with E-state index < -0.39 is 0 Å². The van der Waals surface area contributed by atoms with E-state index >= 15 is 0 Å². The van der Waals surface area contributed by atoms with Crippen molar-refractivity contribution < 1.29 is 24.1 Å². The summed E-state index contributed by atoms with van der Waals surface area (Å²) in [6.45, 7) is 0. The minimum Gasteiger partial charge on any atom is -0.503 e. The maximum Gasteiger partial charge on any atom is 0.221 e. The lowest BCUT2D eigenvalue weighted by Crippen LogP contribution is -2.04. The van der Waals surface area contributed by atoms with Crippen molar-refractivity contribution in [3.05, 3.63) is 58.3 Å². The molecular weight excluding hydrogens is 412 g/mol. The van der Waals surface area contributed by atoms with E-state index in [2.05, 4.69) is 21.8 Å². The van der Waals surface area contributed by atoms with Gasteiger partial charge in [0.25, 0.3) is 0 Å². The minimum atomic E-state index is -0.167. The van der Waals surface area contributed by atoms with E-state index in [0.29, 0.717) is 40.9 Å². The molecule has 3 aromatic rings. The summed E-state index contributed by atoms with van der Waals surface area (Å²) in [6, 6.07) is 6.50. The fourth-order valence-electron chi connectivity index (χ4n) is 3.09. The van der Waals surface area contributed by atoms with Gasteiger partial charge in [0.15, 0.2) is 23.0 Å². The largest absolute Gasteiger partial charge is 0.503 e. The average Bonchev–Trinajstić information content (AvgIpc) is 2.79. The van der Waals surface area contributed by atoms with Gasteiger partial charge in [-0.3, -0.25) is 4.79 Å². The number of nitrogen functional groups attached to an aromatic ring is 2. The third kappa shape index (κ3) is 4.65. The van der Waals surface area contributed by atoms with E-state index in [9.17, 15) is 9.90 Å². The van der Waals surface area contributed by atoms with Gasteiger partial charge in [-0.05, 0) is 29.8 Å². The summed E-state index contributed by atoms with van der Waals surface area (Å²) in [4.78, 5) is 19.2. The minimum absolute atomic E-state index is 0.0953. The molecule has 0 bridgehead atoms. The number of nitrogens with two attached hydrogens (primary N) is 2. The topological polar surface area (TPSA) is 143 Å². The molecule has 0 aliphatic heterocycles. The molecule has 9 nitrogen and oxygen atoms in total. The molecule has 0 radical (unpaired) electrons. The van der Waals surface area contributed by atoms with Gasteiger partial charge in [0.05, 0.1) is 32.5 Å². The molecule has 0 aliphatic rings. The lowest BCUT2D eigenvalue weighted by atomic mass is 10.0. The van der Waals surface area contributed by atoms with E-state index in [0.717, 1.165) is 5.56 Å². The molecule has 3 rings (SSSR count).